The Bertz CT molecular complexity index is 767. The smallest absolute Gasteiger partial charge is 0.258 e. The predicted octanol–water partition coefficient (Wildman–Crippen LogP) is 2.57. The van der Waals surface area contributed by atoms with Gasteiger partial charge in [0.15, 0.2) is 6.61 Å². The molecule has 0 aromatic heterocycles. The molecule has 1 amide bonds. The Morgan fingerprint density at radius 1 is 1.00 bits per heavy atom. The van der Waals surface area contributed by atoms with Crippen LogP contribution in [0.2, 0.25) is 0 Å². The van der Waals surface area contributed by atoms with Crippen molar-refractivity contribution in [2.24, 2.45) is 0 Å². The van der Waals surface area contributed by atoms with E-state index in [1.54, 1.807) is 4.90 Å². The van der Waals surface area contributed by atoms with Gasteiger partial charge in [-0.25, -0.2) is 0 Å². The number of benzene rings is 2. The number of quaternary nitrogens is 1. The van der Waals surface area contributed by atoms with Crippen molar-refractivity contribution in [1.29, 1.82) is 0 Å². The van der Waals surface area contributed by atoms with Crippen LogP contribution in [-0.4, -0.2) is 25.6 Å². The van der Waals surface area contributed by atoms with Gasteiger partial charge in [0.05, 0.1) is 13.1 Å². The molecule has 0 aliphatic carbocycles. The first kappa shape index (κ1) is 19.4. The molecule has 4 nitrogen and oxygen atoms in total. The van der Waals surface area contributed by atoms with Crippen molar-refractivity contribution in [1.82, 2.24) is 5.32 Å². The Morgan fingerprint density at radius 3 is 2.48 bits per heavy atom. The van der Waals surface area contributed by atoms with Gasteiger partial charge in [0.2, 0.25) is 0 Å². The Labute approximate surface area is 162 Å². The lowest BCUT2D eigenvalue weighted by Gasteiger charge is -2.24. The van der Waals surface area contributed by atoms with E-state index in [1.165, 1.54) is 54.6 Å². The fourth-order valence-corrected chi connectivity index (χ4v) is 3.60. The van der Waals surface area contributed by atoms with Gasteiger partial charge in [-0.3, -0.25) is 4.79 Å². The number of rotatable bonds is 7. The van der Waals surface area contributed by atoms with Crippen LogP contribution in [0.4, 0.5) is 0 Å². The second kappa shape index (κ2) is 9.56. The third-order valence-electron chi connectivity index (χ3n) is 5.44. The van der Waals surface area contributed by atoms with Crippen molar-refractivity contribution in [2.75, 3.05) is 19.7 Å². The maximum absolute atomic E-state index is 12.2. The van der Waals surface area contributed by atoms with Crippen LogP contribution in [0, 0.1) is 13.8 Å². The fourth-order valence-electron chi connectivity index (χ4n) is 3.60. The number of ether oxygens (including phenoxy) is 1. The Hall–Kier alpha value is -2.33. The highest BCUT2D eigenvalue weighted by Crippen LogP contribution is 2.16. The fraction of sp³-hybridized carbons (Fsp3) is 0.435. The number of likely N-dealkylation sites (tertiary alicyclic amines) is 1. The number of piperidine rings is 1. The van der Waals surface area contributed by atoms with E-state index < -0.39 is 0 Å². The molecule has 144 valence electrons. The molecule has 0 spiro atoms. The molecule has 1 heterocycles. The van der Waals surface area contributed by atoms with E-state index >= 15 is 0 Å². The van der Waals surface area contributed by atoms with E-state index in [1.807, 2.05) is 31.2 Å². The van der Waals surface area contributed by atoms with E-state index in [0.29, 0.717) is 6.54 Å². The van der Waals surface area contributed by atoms with E-state index in [4.69, 9.17) is 4.74 Å². The average Bonchev–Trinajstić information content (AvgIpc) is 2.69. The molecule has 2 aromatic rings. The molecule has 1 aliphatic heterocycles. The maximum atomic E-state index is 12.2. The molecule has 2 aromatic carbocycles. The number of amides is 1. The first-order chi connectivity index (χ1) is 13.1. The molecule has 3 rings (SSSR count). The minimum Gasteiger partial charge on any atom is -0.484 e. The summed E-state index contributed by atoms with van der Waals surface area (Å²) < 4.78 is 5.63. The number of nitrogens with one attached hydrogen (secondary N) is 2. The van der Waals surface area contributed by atoms with E-state index in [2.05, 4.69) is 30.4 Å². The summed E-state index contributed by atoms with van der Waals surface area (Å²) in [6, 6.07) is 14.3. The zero-order valence-electron chi connectivity index (χ0n) is 16.5. The van der Waals surface area contributed by atoms with Gasteiger partial charge in [0.25, 0.3) is 5.91 Å². The molecule has 1 aliphatic rings. The van der Waals surface area contributed by atoms with Gasteiger partial charge in [-0.05, 0) is 61.9 Å². The molecule has 0 bridgehead atoms. The van der Waals surface area contributed by atoms with Crippen LogP contribution in [0.15, 0.2) is 42.5 Å². The summed E-state index contributed by atoms with van der Waals surface area (Å²) in [4.78, 5) is 13.9. The molecular formula is C23H31N2O2+. The van der Waals surface area contributed by atoms with Gasteiger partial charge < -0.3 is 15.0 Å². The summed E-state index contributed by atoms with van der Waals surface area (Å²) in [5.41, 5.74) is 4.93. The van der Waals surface area contributed by atoms with Crippen LogP contribution in [0.1, 0.15) is 41.5 Å². The summed E-state index contributed by atoms with van der Waals surface area (Å²) in [6.07, 6.45) is 4.01. The second-order valence-electron chi connectivity index (χ2n) is 7.57. The van der Waals surface area contributed by atoms with Gasteiger partial charge in [-0.2, -0.15) is 0 Å². The first-order valence-electron chi connectivity index (χ1n) is 9.99. The van der Waals surface area contributed by atoms with Crippen LogP contribution in [-0.2, 0) is 17.9 Å². The minimum absolute atomic E-state index is 0.0437. The quantitative estimate of drug-likeness (QED) is 0.790. The van der Waals surface area contributed by atoms with Gasteiger partial charge in [-0.15, -0.1) is 0 Å². The average molecular weight is 368 g/mol. The topological polar surface area (TPSA) is 42.8 Å². The summed E-state index contributed by atoms with van der Waals surface area (Å²) >= 11 is 0. The number of carbonyl (C=O) groups excluding carboxylic acids is 1. The molecule has 2 N–H and O–H groups in total. The standard InChI is InChI=1S/C23H30N2O2/c1-18-10-11-22(14-19(18)2)27-17-23(26)24-15-20-8-4-5-9-21(20)16-25-12-6-3-7-13-25/h4-5,8-11,14H,3,6-7,12-13,15-17H2,1-2H3,(H,24,26)/p+1. The van der Waals surface area contributed by atoms with Gasteiger partial charge in [0, 0.05) is 12.1 Å². The van der Waals surface area contributed by atoms with Crippen LogP contribution in [0.5, 0.6) is 5.75 Å². The first-order valence-corrected chi connectivity index (χ1v) is 9.99. The summed E-state index contributed by atoms with van der Waals surface area (Å²) in [7, 11) is 0. The molecule has 0 atom stereocenters. The van der Waals surface area contributed by atoms with Crippen LogP contribution < -0.4 is 15.0 Å². The Kier molecular flexibility index (Phi) is 6.88. The number of aryl methyl sites for hydroxylation is 2. The molecule has 0 radical (unpaired) electrons. The van der Waals surface area contributed by atoms with E-state index in [0.717, 1.165) is 12.3 Å². The van der Waals surface area contributed by atoms with E-state index in [9.17, 15) is 4.79 Å². The Balaban J connectivity index is 1.50. The molecule has 0 saturated carbocycles. The van der Waals surface area contributed by atoms with Crippen LogP contribution >= 0.6 is 0 Å². The van der Waals surface area contributed by atoms with Crippen LogP contribution in [0.3, 0.4) is 0 Å². The highest BCUT2D eigenvalue weighted by molar-refractivity contribution is 5.77. The third-order valence-corrected chi connectivity index (χ3v) is 5.44. The highest BCUT2D eigenvalue weighted by atomic mass is 16.5. The molecule has 0 unspecified atom stereocenters. The zero-order valence-corrected chi connectivity index (χ0v) is 16.5. The predicted molar refractivity (Wildman–Crippen MR) is 108 cm³/mol. The summed E-state index contributed by atoms with van der Waals surface area (Å²) in [5.74, 6) is 0.649. The third kappa shape index (κ3) is 5.83. The van der Waals surface area contributed by atoms with Crippen molar-refractivity contribution >= 4 is 5.91 Å². The minimum atomic E-state index is -0.0895. The highest BCUT2D eigenvalue weighted by Gasteiger charge is 2.15. The normalized spacial score (nSPS) is 14.7. The SMILES string of the molecule is Cc1ccc(OCC(=O)NCc2ccccc2C[NH+]2CCCCC2)cc1C. The summed E-state index contributed by atoms with van der Waals surface area (Å²) in [6.45, 7) is 8.26. The molecule has 1 fully saturated rings. The zero-order chi connectivity index (χ0) is 19.1. The molecule has 27 heavy (non-hydrogen) atoms. The van der Waals surface area contributed by atoms with Crippen molar-refractivity contribution in [3.63, 3.8) is 0 Å². The number of hydrogen-bond donors (Lipinski definition) is 2. The maximum Gasteiger partial charge on any atom is 0.258 e. The van der Waals surface area contributed by atoms with Gasteiger partial charge in [0.1, 0.15) is 12.3 Å². The lowest BCUT2D eigenvalue weighted by Crippen LogP contribution is -3.11. The van der Waals surface area contributed by atoms with Crippen molar-refractivity contribution in [2.45, 2.75) is 46.2 Å². The van der Waals surface area contributed by atoms with Crippen molar-refractivity contribution in [3.8, 4) is 5.75 Å². The number of carbonyl (C=O) groups is 1. The number of hydrogen-bond acceptors (Lipinski definition) is 2. The van der Waals surface area contributed by atoms with Gasteiger partial charge in [-0.1, -0.05) is 30.3 Å². The lowest BCUT2D eigenvalue weighted by molar-refractivity contribution is -0.918. The Morgan fingerprint density at radius 2 is 1.74 bits per heavy atom. The van der Waals surface area contributed by atoms with Crippen LogP contribution in [0.25, 0.3) is 0 Å². The van der Waals surface area contributed by atoms with E-state index in [-0.39, 0.29) is 12.5 Å². The van der Waals surface area contributed by atoms with Crippen molar-refractivity contribution in [3.05, 3.63) is 64.7 Å². The summed E-state index contributed by atoms with van der Waals surface area (Å²) in [5, 5.41) is 3.00. The lowest BCUT2D eigenvalue weighted by atomic mass is 10.0. The van der Waals surface area contributed by atoms with Gasteiger partial charge >= 0.3 is 0 Å². The molecular weight excluding hydrogens is 336 g/mol. The monoisotopic (exact) mass is 367 g/mol. The molecule has 1 saturated heterocycles. The van der Waals surface area contributed by atoms with Crippen molar-refractivity contribution < 1.29 is 14.4 Å². The second-order valence-corrected chi connectivity index (χ2v) is 7.57. The largest absolute Gasteiger partial charge is 0.484 e. The molecule has 4 heteroatoms.